The van der Waals surface area contributed by atoms with Crippen LogP contribution in [0.25, 0.3) is 10.9 Å². The number of fused-ring (bicyclic) bond motifs is 1. The van der Waals surface area contributed by atoms with Gasteiger partial charge in [-0.05, 0) is 153 Å². The normalized spacial score (nSPS) is 14.5. The highest BCUT2D eigenvalue weighted by molar-refractivity contribution is 6.02. The van der Waals surface area contributed by atoms with Crippen molar-refractivity contribution in [1.82, 2.24) is 101 Å². The van der Waals surface area contributed by atoms with Gasteiger partial charge < -0.3 is 156 Å². The van der Waals surface area contributed by atoms with Crippen molar-refractivity contribution in [3.63, 3.8) is 0 Å². The number of nitrogens with one attached hydrogen (secondary N) is 21. The Morgan fingerprint density at radius 2 is 0.768 bits per heavy atom. The second kappa shape index (κ2) is 60.7. The van der Waals surface area contributed by atoms with Gasteiger partial charge >= 0.3 is 5.97 Å². The first-order valence-electron chi connectivity index (χ1n) is 45.2. The van der Waals surface area contributed by atoms with Crippen LogP contribution in [-0.4, -0.2) is 287 Å². The van der Waals surface area contributed by atoms with Crippen molar-refractivity contribution in [3.8, 4) is 0 Å². The lowest BCUT2D eigenvalue weighted by Gasteiger charge is -2.28. The number of unbranched alkanes of at least 4 members (excludes halogenated alkanes) is 2. The number of amides is 18. The van der Waals surface area contributed by atoms with Gasteiger partial charge in [0.25, 0.3) is 0 Å². The summed E-state index contributed by atoms with van der Waals surface area (Å²) < 4.78 is 0. The second-order valence-corrected chi connectivity index (χ2v) is 33.5. The molecular weight excluding hydrogens is 1800 g/mol. The zero-order valence-corrected chi connectivity index (χ0v) is 78.1. The summed E-state index contributed by atoms with van der Waals surface area (Å²) in [6.45, 7) is 6.01. The van der Waals surface area contributed by atoms with E-state index in [-0.39, 0.29) is 116 Å². The smallest absolute Gasteiger partial charge is 0.326 e. The predicted octanol–water partition coefficient (Wildman–Crippen LogP) is -8.97. The Labute approximate surface area is 796 Å². The van der Waals surface area contributed by atoms with Crippen molar-refractivity contribution in [3.05, 3.63) is 108 Å². The molecule has 4 aromatic rings. The molecule has 1 heterocycles. The summed E-state index contributed by atoms with van der Waals surface area (Å²) in [5, 5.41) is 92.0. The van der Waals surface area contributed by atoms with Gasteiger partial charge in [-0.15, -0.1) is 0 Å². The van der Waals surface area contributed by atoms with Crippen LogP contribution in [0.3, 0.4) is 0 Å². The van der Waals surface area contributed by atoms with Gasteiger partial charge in [0, 0.05) is 49.5 Å². The molecule has 0 aliphatic rings. The number of aromatic nitrogens is 1. The molecule has 3 aromatic carbocycles. The number of aliphatic hydroxyl groups excluding tert-OH is 2. The summed E-state index contributed by atoms with van der Waals surface area (Å²) in [4.78, 5) is 263. The van der Waals surface area contributed by atoms with Gasteiger partial charge in [-0.3, -0.25) is 97.1 Å². The summed E-state index contributed by atoms with van der Waals surface area (Å²) in [5.41, 5.74) is 41.6. The summed E-state index contributed by atoms with van der Waals surface area (Å²) in [6, 6.07) is 0.676. The van der Waals surface area contributed by atoms with Gasteiger partial charge in [0.05, 0.1) is 38.3 Å². The van der Waals surface area contributed by atoms with Crippen LogP contribution < -0.4 is 136 Å². The fourth-order valence-electron chi connectivity index (χ4n) is 13.8. The van der Waals surface area contributed by atoms with Crippen LogP contribution in [0.2, 0.25) is 0 Å². The van der Waals surface area contributed by atoms with Crippen LogP contribution in [0.1, 0.15) is 148 Å². The number of rotatable bonds is 64. The zero-order valence-electron chi connectivity index (χ0n) is 78.1. The van der Waals surface area contributed by atoms with Crippen molar-refractivity contribution in [2.24, 2.45) is 46.1 Å². The molecule has 16 atom stereocenters. The third-order valence-corrected chi connectivity index (χ3v) is 21.4. The zero-order chi connectivity index (χ0) is 103. The average molecular weight is 1940 g/mol. The molecule has 0 radical (unpaired) electrons. The Morgan fingerprint density at radius 1 is 0.377 bits per heavy atom. The first-order valence-corrected chi connectivity index (χ1v) is 45.2. The fourth-order valence-corrected chi connectivity index (χ4v) is 13.8. The Hall–Kier alpha value is -14.5. The van der Waals surface area contributed by atoms with Crippen LogP contribution in [0, 0.1) is 16.7 Å². The number of H-pyrrole nitrogens is 1. The van der Waals surface area contributed by atoms with Crippen molar-refractivity contribution in [2.75, 3.05) is 45.9 Å². The van der Waals surface area contributed by atoms with Gasteiger partial charge in [-0.1, -0.05) is 92.7 Å². The van der Waals surface area contributed by atoms with Crippen LogP contribution in [0.15, 0.2) is 91.1 Å². The Morgan fingerprint density at radius 3 is 1.22 bits per heavy atom. The molecule has 18 amide bonds. The summed E-state index contributed by atoms with van der Waals surface area (Å²) in [6.07, 6.45) is -1.95. The minimum atomic E-state index is -1.87. The number of benzene rings is 3. The van der Waals surface area contributed by atoms with Crippen LogP contribution in [0.5, 0.6) is 0 Å². The Bertz CT molecular complexity index is 4800. The van der Waals surface area contributed by atoms with E-state index in [1.54, 1.807) is 105 Å². The highest BCUT2D eigenvalue weighted by Crippen LogP contribution is 2.21. The largest absolute Gasteiger partial charge is 0.480 e. The van der Waals surface area contributed by atoms with E-state index in [4.69, 9.17) is 51.0 Å². The molecular formula is C88H136N28O22. The topological polar surface area (TPSA) is 847 Å². The predicted molar refractivity (Wildman–Crippen MR) is 503 cm³/mol. The number of para-hydroxylation sites is 1. The van der Waals surface area contributed by atoms with Crippen molar-refractivity contribution in [2.45, 2.75) is 247 Å². The van der Waals surface area contributed by atoms with Gasteiger partial charge in [0.1, 0.15) is 84.6 Å². The van der Waals surface area contributed by atoms with E-state index in [2.05, 4.69) is 101 Å². The SMILES string of the molecule is CC(C)C[C@H](NC(=O)[C@H](CCCCN)NC(=O)[C@H](CCCNC(=N)N)NC(=O)[C@H](C)NC(=O)[C@H](CO)NC(=O)[C@H](CCCCN)NC(=O)[C@H](CCCNC(=N)N)NC(=O)[C@H](C)NC(=O)[C@H](Cc1c[nH]c2ccccc12)NC(=O)[C@@H](NC(=O)[C@H](Cc1ccccc1)NC(=O)CNC(=O)CNC(=O)[C@@H](N)Cc1ccccc1)[C@@H](C)O)C(=O)N[C@@H](C)C(=O)N[C@@H](CC(N)=O)C(=O)N[C@@H](CCC(N)=O)C(=O)O. The number of carboxylic acid groups (broad SMARTS) is 1. The molecule has 0 bridgehead atoms. The Kier molecular flexibility index (Phi) is 51.0. The molecule has 4 rings (SSSR count). The monoisotopic (exact) mass is 1940 g/mol. The van der Waals surface area contributed by atoms with Crippen LogP contribution in [-0.2, 0) is 110 Å². The molecule has 50 heteroatoms. The number of carbonyl (C=O) groups is 19. The standard InChI is InChI=1S/C88H136N28O22/c1-46(2)37-62(80(131)103-49(5)74(125)112-65(41-68(93)120)82(133)111-61(86(137)138)31-32-67(92)119)113-78(129)57(27-15-17-33-89)109-76(127)59(29-19-35-98-87(94)95)108-73(124)48(4)105-84(135)66(45-117)115-79(130)58(28-16-18-34-90)110-77(128)60(30-20-36-99-88(96)97)107-72(123)47(3)104-81(132)64(40-53-42-100-56-26-14-13-25-54(53)56)114-85(136)71(50(6)118)116-83(134)63(39-52-23-11-8-12-24-52)106-70(122)44-101-69(121)43-102-75(126)55(91)38-51-21-9-7-10-22-51/h7-14,21-26,42,46-50,55,57-66,71,100,117-118H,15-20,27-41,43-45,89-91H2,1-6H3,(H2,92,119)(H2,93,120)(H,101,121)(H,102,126)(H,103,131)(H,104,132)(H,105,135)(H,106,122)(H,107,123)(H,108,124)(H,109,127)(H,110,128)(H,111,133)(H,112,125)(H,113,129)(H,114,136)(H,115,130)(H,116,134)(H,137,138)(H4,94,95,98)(H4,96,97,99)/t47-,48-,49-,50+,55-,57-,58-,59-,60-,61-,62-,63-,64-,65-,66-,71-/m0/s1. The van der Waals surface area contributed by atoms with Crippen LogP contribution >= 0.6 is 0 Å². The molecule has 1 aromatic heterocycles. The molecule has 760 valence electrons. The first kappa shape index (κ1) is 116. The molecule has 0 aliphatic carbocycles. The maximum Gasteiger partial charge on any atom is 0.326 e. The number of guanidine groups is 2. The molecule has 0 saturated carbocycles. The number of hydrogen-bond acceptors (Lipinski definition) is 26. The number of hydrogen-bond donors (Lipinski definition) is 31. The average Bonchev–Trinajstić information content (AvgIpc) is 1.66. The summed E-state index contributed by atoms with van der Waals surface area (Å²) in [5.74, 6) is -20.6. The highest BCUT2D eigenvalue weighted by Gasteiger charge is 2.39. The molecule has 0 fully saturated rings. The third-order valence-electron chi connectivity index (χ3n) is 21.4. The fraction of sp³-hybridized carbons (Fsp3) is 0.534. The quantitative estimate of drug-likeness (QED) is 0.0111. The lowest BCUT2D eigenvalue weighted by molar-refractivity contribution is -0.143. The number of carbonyl (C=O) groups excluding carboxylic acids is 18. The summed E-state index contributed by atoms with van der Waals surface area (Å²) in [7, 11) is 0. The van der Waals surface area contributed by atoms with Gasteiger partial charge in [-0.25, -0.2) is 4.79 Å². The first-order chi connectivity index (χ1) is 65.3. The van der Waals surface area contributed by atoms with E-state index in [9.17, 15) is 106 Å². The minimum absolute atomic E-state index is 0.0144. The van der Waals surface area contributed by atoms with Crippen molar-refractivity contribution in [1.29, 1.82) is 10.8 Å². The third kappa shape index (κ3) is 43.0. The van der Waals surface area contributed by atoms with E-state index >= 15 is 0 Å². The van der Waals surface area contributed by atoms with Gasteiger partial charge in [0.15, 0.2) is 11.9 Å². The number of nitrogens with two attached hydrogens (primary N) is 7. The van der Waals surface area contributed by atoms with Crippen molar-refractivity contribution < 1.29 is 106 Å². The van der Waals surface area contributed by atoms with Gasteiger partial charge in [0.2, 0.25) is 106 Å². The molecule has 0 saturated heterocycles. The number of aliphatic carboxylic acids is 1. The maximum atomic E-state index is 14.8. The summed E-state index contributed by atoms with van der Waals surface area (Å²) >= 11 is 0. The molecule has 138 heavy (non-hydrogen) atoms. The maximum absolute atomic E-state index is 14.8. The number of aliphatic hydroxyl groups is 2. The lowest BCUT2D eigenvalue weighted by Crippen LogP contribution is -2.62. The van der Waals surface area contributed by atoms with Crippen LogP contribution in [0.4, 0.5) is 0 Å². The number of carboxylic acids is 1. The Balaban J connectivity index is 1.54. The minimum Gasteiger partial charge on any atom is -0.480 e. The number of aromatic amines is 1. The van der Waals surface area contributed by atoms with Gasteiger partial charge in [-0.2, -0.15) is 0 Å². The highest BCUT2D eigenvalue weighted by atomic mass is 16.4. The van der Waals surface area contributed by atoms with E-state index in [1.807, 2.05) is 0 Å². The molecule has 0 spiro atoms. The molecule has 0 unspecified atom stereocenters. The van der Waals surface area contributed by atoms with E-state index in [0.29, 0.717) is 28.5 Å². The molecule has 0 aliphatic heterocycles. The second-order valence-electron chi connectivity index (χ2n) is 33.5. The van der Waals surface area contributed by atoms with E-state index in [0.717, 1.165) is 5.56 Å². The number of primary amides is 2. The molecule has 38 N–H and O–H groups in total. The molecule has 50 nitrogen and oxygen atoms in total. The van der Waals surface area contributed by atoms with Crippen molar-refractivity contribution >= 4 is 135 Å². The lowest BCUT2D eigenvalue weighted by atomic mass is 10.0. The van der Waals surface area contributed by atoms with E-state index < -0.39 is 260 Å². The van der Waals surface area contributed by atoms with E-state index in [1.165, 1.54) is 27.7 Å².